The SMILES string of the molecule is O=[N+]([O-])c1cccc(-c2nc3n(n2)CCc2ccccc2-3)c1. The van der Waals surface area contributed by atoms with Gasteiger partial charge >= 0.3 is 0 Å². The second-order valence-corrected chi connectivity index (χ2v) is 5.20. The van der Waals surface area contributed by atoms with Crippen LogP contribution in [0.3, 0.4) is 0 Å². The van der Waals surface area contributed by atoms with Crippen molar-refractivity contribution in [3.8, 4) is 22.8 Å². The quantitative estimate of drug-likeness (QED) is 0.537. The van der Waals surface area contributed by atoms with Gasteiger partial charge in [-0.2, -0.15) is 5.10 Å². The maximum atomic E-state index is 10.9. The van der Waals surface area contributed by atoms with Gasteiger partial charge < -0.3 is 0 Å². The fourth-order valence-electron chi connectivity index (χ4n) is 2.76. The van der Waals surface area contributed by atoms with E-state index in [1.165, 1.54) is 17.7 Å². The molecule has 6 heteroatoms. The monoisotopic (exact) mass is 292 g/mol. The van der Waals surface area contributed by atoms with Gasteiger partial charge in [0.25, 0.3) is 5.69 Å². The van der Waals surface area contributed by atoms with Crippen molar-refractivity contribution in [2.75, 3.05) is 0 Å². The number of nitrogens with zero attached hydrogens (tertiary/aromatic N) is 4. The molecule has 6 nitrogen and oxygen atoms in total. The van der Waals surface area contributed by atoms with E-state index >= 15 is 0 Å². The topological polar surface area (TPSA) is 73.8 Å². The Morgan fingerprint density at radius 3 is 2.86 bits per heavy atom. The minimum absolute atomic E-state index is 0.0469. The van der Waals surface area contributed by atoms with E-state index in [9.17, 15) is 10.1 Å². The van der Waals surface area contributed by atoms with Gasteiger partial charge in [0.15, 0.2) is 11.6 Å². The lowest BCUT2D eigenvalue weighted by Crippen LogP contribution is -2.11. The van der Waals surface area contributed by atoms with Gasteiger partial charge in [0.05, 0.1) is 4.92 Å². The fourth-order valence-corrected chi connectivity index (χ4v) is 2.76. The Morgan fingerprint density at radius 2 is 2.00 bits per heavy atom. The highest BCUT2D eigenvalue weighted by molar-refractivity contribution is 5.66. The number of nitro benzene ring substituents is 1. The number of rotatable bonds is 2. The summed E-state index contributed by atoms with van der Waals surface area (Å²) in [6, 6.07) is 14.6. The number of aromatic nitrogens is 3. The molecule has 0 fully saturated rings. The Kier molecular flexibility index (Phi) is 2.75. The lowest BCUT2D eigenvalue weighted by atomic mass is 10.0. The second-order valence-electron chi connectivity index (χ2n) is 5.20. The molecule has 0 saturated heterocycles. The molecule has 0 amide bonds. The summed E-state index contributed by atoms with van der Waals surface area (Å²) in [5.41, 5.74) is 3.05. The summed E-state index contributed by atoms with van der Waals surface area (Å²) in [5, 5.41) is 15.4. The van der Waals surface area contributed by atoms with Crippen LogP contribution in [0.2, 0.25) is 0 Å². The maximum absolute atomic E-state index is 10.9. The predicted octanol–water partition coefficient (Wildman–Crippen LogP) is 3.08. The highest BCUT2D eigenvalue weighted by Gasteiger charge is 2.20. The van der Waals surface area contributed by atoms with Crippen molar-refractivity contribution in [1.82, 2.24) is 14.8 Å². The first-order valence-electron chi connectivity index (χ1n) is 7.00. The largest absolute Gasteiger partial charge is 0.270 e. The number of hydrogen-bond donors (Lipinski definition) is 0. The number of non-ortho nitro benzene ring substituents is 1. The van der Waals surface area contributed by atoms with E-state index in [1.807, 2.05) is 22.9 Å². The summed E-state index contributed by atoms with van der Waals surface area (Å²) < 4.78 is 1.87. The molecule has 1 aliphatic heterocycles. The van der Waals surface area contributed by atoms with Crippen molar-refractivity contribution in [3.05, 3.63) is 64.2 Å². The minimum atomic E-state index is -0.408. The smallest absolute Gasteiger partial charge is 0.258 e. The van der Waals surface area contributed by atoms with E-state index in [2.05, 4.69) is 16.1 Å². The molecule has 1 aliphatic rings. The summed E-state index contributed by atoms with van der Waals surface area (Å²) in [6.07, 6.45) is 0.918. The van der Waals surface area contributed by atoms with Crippen LogP contribution in [0.5, 0.6) is 0 Å². The van der Waals surface area contributed by atoms with Crippen LogP contribution in [0.25, 0.3) is 22.8 Å². The van der Waals surface area contributed by atoms with Crippen LogP contribution in [-0.2, 0) is 13.0 Å². The summed E-state index contributed by atoms with van der Waals surface area (Å²) in [4.78, 5) is 15.1. The molecule has 0 aliphatic carbocycles. The molecule has 0 atom stereocenters. The molecule has 22 heavy (non-hydrogen) atoms. The molecule has 0 saturated carbocycles. The zero-order valence-corrected chi connectivity index (χ0v) is 11.6. The van der Waals surface area contributed by atoms with Gasteiger partial charge in [-0.15, -0.1) is 0 Å². The van der Waals surface area contributed by atoms with Crippen LogP contribution in [0.1, 0.15) is 5.56 Å². The molecular weight excluding hydrogens is 280 g/mol. The molecule has 0 spiro atoms. The molecule has 0 bridgehead atoms. The summed E-state index contributed by atoms with van der Waals surface area (Å²) >= 11 is 0. The van der Waals surface area contributed by atoms with Gasteiger partial charge in [-0.1, -0.05) is 36.4 Å². The summed E-state index contributed by atoms with van der Waals surface area (Å²) in [7, 11) is 0. The zero-order valence-electron chi connectivity index (χ0n) is 11.6. The van der Waals surface area contributed by atoms with Crippen LogP contribution in [0.15, 0.2) is 48.5 Å². The van der Waals surface area contributed by atoms with Crippen LogP contribution in [0, 0.1) is 10.1 Å². The zero-order chi connectivity index (χ0) is 15.1. The second kappa shape index (κ2) is 4.77. The maximum Gasteiger partial charge on any atom is 0.270 e. The van der Waals surface area contributed by atoms with Crippen LogP contribution < -0.4 is 0 Å². The van der Waals surface area contributed by atoms with Gasteiger partial charge in [-0.05, 0) is 12.0 Å². The van der Waals surface area contributed by atoms with E-state index in [0.29, 0.717) is 11.4 Å². The highest BCUT2D eigenvalue weighted by atomic mass is 16.6. The Labute approximate surface area is 126 Å². The normalized spacial score (nSPS) is 12.5. The third-order valence-corrected chi connectivity index (χ3v) is 3.84. The standard InChI is InChI=1S/C16H12N4O2/c21-20(22)13-6-3-5-12(10-13)15-17-16-14-7-2-1-4-11(14)8-9-19(16)18-15/h1-7,10H,8-9H2. The first-order chi connectivity index (χ1) is 10.7. The number of fused-ring (bicyclic) bond motifs is 3. The lowest BCUT2D eigenvalue weighted by molar-refractivity contribution is -0.384. The first kappa shape index (κ1) is 12.7. The molecule has 108 valence electrons. The van der Waals surface area contributed by atoms with E-state index in [4.69, 9.17) is 0 Å². The molecule has 4 rings (SSSR count). The van der Waals surface area contributed by atoms with Gasteiger partial charge in [-0.3, -0.25) is 10.1 Å². The van der Waals surface area contributed by atoms with Crippen molar-refractivity contribution in [3.63, 3.8) is 0 Å². The number of nitro groups is 1. The van der Waals surface area contributed by atoms with Crippen LogP contribution in [-0.4, -0.2) is 19.7 Å². The molecule has 2 heterocycles. The fraction of sp³-hybridized carbons (Fsp3) is 0.125. The van der Waals surface area contributed by atoms with Crippen molar-refractivity contribution < 1.29 is 4.92 Å². The van der Waals surface area contributed by atoms with Crippen molar-refractivity contribution in [2.45, 2.75) is 13.0 Å². The van der Waals surface area contributed by atoms with E-state index in [1.54, 1.807) is 12.1 Å². The first-order valence-corrected chi connectivity index (χ1v) is 7.00. The Hall–Kier alpha value is -3.02. The number of benzene rings is 2. The van der Waals surface area contributed by atoms with E-state index in [-0.39, 0.29) is 5.69 Å². The van der Waals surface area contributed by atoms with Gasteiger partial charge in [0.2, 0.25) is 0 Å². The Balaban J connectivity index is 1.82. The molecule has 0 N–H and O–H groups in total. The lowest BCUT2D eigenvalue weighted by Gasteiger charge is -2.15. The Bertz CT molecular complexity index is 885. The van der Waals surface area contributed by atoms with Crippen LogP contribution >= 0.6 is 0 Å². The van der Waals surface area contributed by atoms with Gasteiger partial charge in [0, 0.05) is 29.8 Å². The number of hydrogen-bond acceptors (Lipinski definition) is 4. The predicted molar refractivity (Wildman–Crippen MR) is 81.3 cm³/mol. The molecule has 1 aromatic heterocycles. The van der Waals surface area contributed by atoms with Crippen LogP contribution in [0.4, 0.5) is 5.69 Å². The molecule has 0 unspecified atom stereocenters. The minimum Gasteiger partial charge on any atom is -0.258 e. The van der Waals surface area contributed by atoms with Crippen molar-refractivity contribution >= 4 is 5.69 Å². The van der Waals surface area contributed by atoms with Gasteiger partial charge in [0.1, 0.15) is 0 Å². The molecule has 0 radical (unpaired) electrons. The average Bonchev–Trinajstić information content (AvgIpc) is 2.99. The summed E-state index contributed by atoms with van der Waals surface area (Å²) in [6.45, 7) is 0.772. The Morgan fingerprint density at radius 1 is 1.14 bits per heavy atom. The third-order valence-electron chi connectivity index (χ3n) is 3.84. The molecule has 3 aromatic rings. The van der Waals surface area contributed by atoms with E-state index < -0.39 is 4.92 Å². The third kappa shape index (κ3) is 1.96. The van der Waals surface area contributed by atoms with E-state index in [0.717, 1.165) is 24.4 Å². The number of aryl methyl sites for hydroxylation is 2. The highest BCUT2D eigenvalue weighted by Crippen LogP contribution is 2.30. The molecular formula is C16H12N4O2. The van der Waals surface area contributed by atoms with Crippen molar-refractivity contribution in [2.24, 2.45) is 0 Å². The molecule has 2 aromatic carbocycles. The van der Waals surface area contributed by atoms with Gasteiger partial charge in [-0.25, -0.2) is 9.67 Å². The average molecular weight is 292 g/mol. The summed E-state index contributed by atoms with van der Waals surface area (Å²) in [5.74, 6) is 1.35. The van der Waals surface area contributed by atoms with Crippen molar-refractivity contribution in [1.29, 1.82) is 0 Å².